The number of ether oxygens (including phenoxy) is 2. The molecule has 0 spiro atoms. The van der Waals surface area contributed by atoms with Crippen molar-refractivity contribution in [3.63, 3.8) is 0 Å². The highest BCUT2D eigenvalue weighted by molar-refractivity contribution is 5.64. The van der Waals surface area contributed by atoms with Crippen molar-refractivity contribution in [2.45, 2.75) is 6.10 Å². The summed E-state index contributed by atoms with van der Waals surface area (Å²) in [5.41, 5.74) is 4.73. The van der Waals surface area contributed by atoms with Crippen LogP contribution in [0.5, 0.6) is 5.75 Å². The molecule has 0 radical (unpaired) electrons. The molecule has 0 aromatic heterocycles. The molecule has 0 saturated carbocycles. The van der Waals surface area contributed by atoms with Gasteiger partial charge in [0.05, 0.1) is 0 Å². The van der Waals surface area contributed by atoms with Crippen LogP contribution < -0.4 is 10.5 Å². The topological polar surface area (TPSA) is 81.8 Å². The summed E-state index contributed by atoms with van der Waals surface area (Å²) < 4.78 is 9.62. The van der Waals surface area contributed by atoms with Crippen molar-refractivity contribution in [1.82, 2.24) is 0 Å². The highest BCUT2D eigenvalue weighted by Gasteiger charge is 2.07. The molecule has 0 fully saturated rings. The minimum absolute atomic E-state index is 0.0529. The van der Waals surface area contributed by atoms with Crippen LogP contribution in [0.3, 0.4) is 0 Å². The number of aliphatic hydroxyl groups excluding tert-OH is 1. The van der Waals surface area contributed by atoms with Gasteiger partial charge in [-0.2, -0.15) is 0 Å². The van der Waals surface area contributed by atoms with E-state index in [1.807, 2.05) is 18.2 Å². The standard InChI is InChI=1S/C10H13NO4/c11-10(13)15-7-8(12)6-14-9-4-2-1-3-5-9/h1-5,8,12H,6-7H2,(H2,11,13). The molecule has 1 aromatic carbocycles. The molecule has 1 unspecified atom stereocenters. The van der Waals surface area contributed by atoms with Gasteiger partial charge in [-0.25, -0.2) is 4.79 Å². The molecule has 1 rings (SSSR count). The third-order valence-electron chi connectivity index (χ3n) is 1.60. The lowest BCUT2D eigenvalue weighted by molar-refractivity contribution is 0.0419. The molecule has 0 aliphatic heterocycles. The number of aliphatic hydroxyl groups is 1. The van der Waals surface area contributed by atoms with E-state index in [9.17, 15) is 9.90 Å². The third kappa shape index (κ3) is 4.87. The Morgan fingerprint density at radius 2 is 2.00 bits per heavy atom. The van der Waals surface area contributed by atoms with Crippen LogP contribution in [-0.4, -0.2) is 30.5 Å². The SMILES string of the molecule is NC(=O)OCC(O)COc1ccccc1. The first-order chi connectivity index (χ1) is 7.18. The van der Waals surface area contributed by atoms with Crippen LogP contribution in [0.15, 0.2) is 30.3 Å². The third-order valence-corrected chi connectivity index (χ3v) is 1.60. The number of benzene rings is 1. The van der Waals surface area contributed by atoms with E-state index >= 15 is 0 Å². The van der Waals surface area contributed by atoms with E-state index in [0.29, 0.717) is 5.75 Å². The van der Waals surface area contributed by atoms with Gasteiger partial charge >= 0.3 is 6.09 Å². The first kappa shape index (κ1) is 11.3. The second kappa shape index (κ2) is 5.87. The largest absolute Gasteiger partial charge is 0.491 e. The molecular formula is C10H13NO4. The Labute approximate surface area is 87.4 Å². The van der Waals surface area contributed by atoms with Gasteiger partial charge in [-0.3, -0.25) is 0 Å². The van der Waals surface area contributed by atoms with Crippen LogP contribution in [0.4, 0.5) is 4.79 Å². The summed E-state index contributed by atoms with van der Waals surface area (Å²) in [6.45, 7) is -0.112. The minimum Gasteiger partial charge on any atom is -0.491 e. The molecule has 1 atom stereocenters. The average molecular weight is 211 g/mol. The van der Waals surface area contributed by atoms with E-state index in [0.717, 1.165) is 0 Å². The number of hydrogen-bond donors (Lipinski definition) is 2. The molecule has 82 valence electrons. The van der Waals surface area contributed by atoms with Crippen molar-refractivity contribution >= 4 is 6.09 Å². The molecule has 1 aromatic rings. The van der Waals surface area contributed by atoms with Gasteiger partial charge in [0.15, 0.2) is 0 Å². The lowest BCUT2D eigenvalue weighted by Gasteiger charge is -2.11. The van der Waals surface area contributed by atoms with Crippen molar-refractivity contribution in [3.05, 3.63) is 30.3 Å². The van der Waals surface area contributed by atoms with E-state index in [4.69, 9.17) is 10.5 Å². The van der Waals surface area contributed by atoms with Gasteiger partial charge in [0.25, 0.3) is 0 Å². The van der Waals surface area contributed by atoms with Crippen LogP contribution in [0.25, 0.3) is 0 Å². The lowest BCUT2D eigenvalue weighted by atomic mass is 10.3. The number of primary amides is 1. The van der Waals surface area contributed by atoms with Crippen LogP contribution in [0.1, 0.15) is 0 Å². The summed E-state index contributed by atoms with van der Waals surface area (Å²) in [5, 5.41) is 9.30. The van der Waals surface area contributed by atoms with Gasteiger partial charge in [-0.05, 0) is 12.1 Å². The number of carbonyl (C=O) groups excluding carboxylic acids is 1. The van der Waals surface area contributed by atoms with Crippen molar-refractivity contribution in [2.24, 2.45) is 5.73 Å². The fourth-order valence-electron chi connectivity index (χ4n) is 0.936. The normalized spacial score (nSPS) is 11.8. The smallest absolute Gasteiger partial charge is 0.404 e. The summed E-state index contributed by atoms with van der Waals surface area (Å²) in [4.78, 5) is 10.2. The zero-order valence-electron chi connectivity index (χ0n) is 8.13. The highest BCUT2D eigenvalue weighted by atomic mass is 16.6. The Morgan fingerprint density at radius 3 is 2.60 bits per heavy atom. The molecule has 0 aliphatic carbocycles. The maximum atomic E-state index is 10.2. The predicted octanol–water partition coefficient (Wildman–Crippen LogP) is 0.522. The van der Waals surface area contributed by atoms with Crippen LogP contribution in [-0.2, 0) is 4.74 Å². The van der Waals surface area contributed by atoms with E-state index in [2.05, 4.69) is 4.74 Å². The van der Waals surface area contributed by atoms with Gasteiger partial charge in [-0.1, -0.05) is 18.2 Å². The molecular weight excluding hydrogens is 198 g/mol. The lowest BCUT2D eigenvalue weighted by Crippen LogP contribution is -2.27. The van der Waals surface area contributed by atoms with E-state index < -0.39 is 12.2 Å². The molecule has 0 aliphatic rings. The second-order valence-corrected chi connectivity index (χ2v) is 2.91. The Hall–Kier alpha value is -1.75. The van der Waals surface area contributed by atoms with Crippen LogP contribution in [0.2, 0.25) is 0 Å². The summed E-state index contributed by atoms with van der Waals surface area (Å²) in [6.07, 6.45) is -1.79. The monoisotopic (exact) mass is 211 g/mol. The number of amides is 1. The Morgan fingerprint density at radius 1 is 1.33 bits per heavy atom. The zero-order chi connectivity index (χ0) is 11.1. The Bertz CT molecular complexity index is 302. The molecule has 15 heavy (non-hydrogen) atoms. The molecule has 0 bridgehead atoms. The molecule has 1 amide bonds. The van der Waals surface area contributed by atoms with Gasteiger partial charge in [0.2, 0.25) is 0 Å². The second-order valence-electron chi connectivity index (χ2n) is 2.91. The number of rotatable bonds is 5. The minimum atomic E-state index is -0.909. The Kier molecular flexibility index (Phi) is 4.43. The average Bonchev–Trinajstić information content (AvgIpc) is 2.25. The Balaban J connectivity index is 2.22. The first-order valence-corrected chi connectivity index (χ1v) is 4.46. The van der Waals surface area contributed by atoms with Gasteiger partial charge in [0, 0.05) is 0 Å². The van der Waals surface area contributed by atoms with Crippen molar-refractivity contribution in [2.75, 3.05) is 13.2 Å². The summed E-state index contributed by atoms with van der Waals surface area (Å²) in [7, 11) is 0. The van der Waals surface area contributed by atoms with Gasteiger partial charge in [0.1, 0.15) is 25.1 Å². The van der Waals surface area contributed by atoms with E-state index in [1.165, 1.54) is 0 Å². The molecule has 3 N–H and O–H groups in total. The molecule has 0 saturated heterocycles. The number of nitrogens with two attached hydrogens (primary N) is 1. The summed E-state index contributed by atoms with van der Waals surface area (Å²) in [5.74, 6) is 0.649. The molecule has 0 heterocycles. The maximum Gasteiger partial charge on any atom is 0.404 e. The summed E-state index contributed by atoms with van der Waals surface area (Å²) in [6, 6.07) is 9.03. The quantitative estimate of drug-likeness (QED) is 0.744. The van der Waals surface area contributed by atoms with Crippen LogP contribution in [0, 0.1) is 0 Å². The fourth-order valence-corrected chi connectivity index (χ4v) is 0.936. The fraction of sp³-hybridized carbons (Fsp3) is 0.300. The molecule has 5 heteroatoms. The summed E-state index contributed by atoms with van der Waals surface area (Å²) >= 11 is 0. The number of para-hydroxylation sites is 1. The molecule has 5 nitrogen and oxygen atoms in total. The van der Waals surface area contributed by atoms with Gasteiger partial charge < -0.3 is 20.3 Å². The highest BCUT2D eigenvalue weighted by Crippen LogP contribution is 2.08. The van der Waals surface area contributed by atoms with Crippen molar-refractivity contribution in [1.29, 1.82) is 0 Å². The van der Waals surface area contributed by atoms with Crippen molar-refractivity contribution in [3.8, 4) is 5.75 Å². The van der Waals surface area contributed by atoms with Gasteiger partial charge in [-0.15, -0.1) is 0 Å². The van der Waals surface area contributed by atoms with Crippen molar-refractivity contribution < 1.29 is 19.4 Å². The maximum absolute atomic E-state index is 10.2. The zero-order valence-corrected chi connectivity index (χ0v) is 8.13. The predicted molar refractivity (Wildman–Crippen MR) is 53.5 cm³/mol. The number of hydrogen-bond acceptors (Lipinski definition) is 4. The van der Waals surface area contributed by atoms with E-state index in [1.54, 1.807) is 12.1 Å². The van der Waals surface area contributed by atoms with E-state index in [-0.39, 0.29) is 13.2 Å². The first-order valence-electron chi connectivity index (χ1n) is 4.46. The van der Waals surface area contributed by atoms with Crippen LogP contribution >= 0.6 is 0 Å². The number of carbonyl (C=O) groups is 1.